The van der Waals surface area contributed by atoms with Gasteiger partial charge in [-0.2, -0.15) is 0 Å². The number of anilines is 2. The molecule has 0 saturated carbocycles. The summed E-state index contributed by atoms with van der Waals surface area (Å²) >= 11 is 0. The molecule has 0 radical (unpaired) electrons. The molecule has 1 fully saturated rings. The van der Waals surface area contributed by atoms with Gasteiger partial charge in [-0.15, -0.1) is 0 Å². The number of hydrogen-bond acceptors (Lipinski definition) is 6. The summed E-state index contributed by atoms with van der Waals surface area (Å²) < 4.78 is 33.2. The van der Waals surface area contributed by atoms with Crippen molar-refractivity contribution in [3.05, 3.63) is 83.6 Å². The van der Waals surface area contributed by atoms with Crippen molar-refractivity contribution in [2.45, 2.75) is 30.6 Å². The highest BCUT2D eigenvalue weighted by Crippen LogP contribution is 2.38. The third-order valence-electron chi connectivity index (χ3n) is 6.94. The van der Waals surface area contributed by atoms with Crippen LogP contribution in [0, 0.1) is 20.8 Å². The summed E-state index contributed by atoms with van der Waals surface area (Å²) in [6, 6.07) is 19.1. The van der Waals surface area contributed by atoms with Crippen LogP contribution in [0.1, 0.15) is 16.7 Å². The first-order chi connectivity index (χ1) is 17.3. The van der Waals surface area contributed by atoms with E-state index in [0.29, 0.717) is 24.5 Å². The van der Waals surface area contributed by atoms with Gasteiger partial charge in [-0.1, -0.05) is 29.8 Å². The smallest absolute Gasteiger partial charge is 0.210 e. The molecule has 1 saturated heterocycles. The minimum Gasteiger partial charge on any atom is -0.497 e. The van der Waals surface area contributed by atoms with E-state index in [4.69, 9.17) is 4.74 Å². The Morgan fingerprint density at radius 3 is 2.17 bits per heavy atom. The first-order valence-electron chi connectivity index (χ1n) is 12.1. The standard InChI is InChI=1S/C29H31N3O3S/c1-20-6-10-24(11-7-20)36(33,34)28-19-30-26-12-9-23(35-4)18-25(26)29(28)32-15-13-31(14-16-32)27-17-21(2)5-8-22(27)3/h5-12,17-19H,13-16H2,1-4H3. The van der Waals surface area contributed by atoms with E-state index >= 15 is 0 Å². The number of benzene rings is 3. The molecule has 186 valence electrons. The summed E-state index contributed by atoms with van der Waals surface area (Å²) in [7, 11) is -2.17. The minimum absolute atomic E-state index is 0.229. The second-order valence-corrected chi connectivity index (χ2v) is 11.4. The molecule has 5 rings (SSSR count). The van der Waals surface area contributed by atoms with Gasteiger partial charge in [0.1, 0.15) is 10.6 Å². The Morgan fingerprint density at radius 1 is 0.806 bits per heavy atom. The van der Waals surface area contributed by atoms with Crippen molar-refractivity contribution in [3.8, 4) is 5.75 Å². The van der Waals surface area contributed by atoms with Crippen molar-refractivity contribution in [1.82, 2.24) is 4.98 Å². The van der Waals surface area contributed by atoms with Crippen LogP contribution in [0.5, 0.6) is 5.75 Å². The Balaban J connectivity index is 1.59. The van der Waals surface area contributed by atoms with Crippen LogP contribution in [0.4, 0.5) is 11.4 Å². The fourth-order valence-electron chi connectivity index (χ4n) is 4.86. The zero-order chi connectivity index (χ0) is 25.4. The van der Waals surface area contributed by atoms with Crippen molar-refractivity contribution in [3.63, 3.8) is 0 Å². The second-order valence-electron chi connectivity index (χ2n) is 9.43. The number of methoxy groups -OCH3 is 1. The normalized spacial score (nSPS) is 14.3. The maximum atomic E-state index is 13.9. The fourth-order valence-corrected chi connectivity index (χ4v) is 6.30. The number of hydrogen-bond donors (Lipinski definition) is 0. The van der Waals surface area contributed by atoms with Gasteiger partial charge >= 0.3 is 0 Å². The Morgan fingerprint density at radius 2 is 1.47 bits per heavy atom. The molecule has 0 N–H and O–H groups in total. The number of nitrogens with zero attached hydrogens (tertiary/aromatic N) is 3. The predicted octanol–water partition coefficient (Wildman–Crippen LogP) is 5.33. The molecular weight excluding hydrogens is 470 g/mol. The molecule has 0 amide bonds. The maximum absolute atomic E-state index is 13.9. The lowest BCUT2D eigenvalue weighted by molar-refractivity contribution is 0.415. The van der Waals surface area contributed by atoms with Crippen molar-refractivity contribution in [2.24, 2.45) is 0 Å². The molecule has 6 nitrogen and oxygen atoms in total. The Labute approximate surface area is 213 Å². The zero-order valence-corrected chi connectivity index (χ0v) is 22.0. The van der Waals surface area contributed by atoms with E-state index < -0.39 is 9.84 Å². The van der Waals surface area contributed by atoms with Crippen molar-refractivity contribution >= 4 is 32.1 Å². The molecular formula is C29H31N3O3S. The summed E-state index contributed by atoms with van der Waals surface area (Å²) in [6.07, 6.45) is 1.51. The zero-order valence-electron chi connectivity index (χ0n) is 21.2. The number of sulfone groups is 1. The van der Waals surface area contributed by atoms with Crippen LogP contribution >= 0.6 is 0 Å². The molecule has 0 atom stereocenters. The second kappa shape index (κ2) is 9.47. The van der Waals surface area contributed by atoms with Gasteiger partial charge in [0.2, 0.25) is 9.84 Å². The van der Waals surface area contributed by atoms with E-state index in [0.717, 1.165) is 29.6 Å². The van der Waals surface area contributed by atoms with Gasteiger partial charge in [-0.05, 0) is 68.3 Å². The number of piperazine rings is 1. The van der Waals surface area contributed by atoms with Crippen LogP contribution < -0.4 is 14.5 Å². The molecule has 2 heterocycles. The first-order valence-corrected chi connectivity index (χ1v) is 13.6. The fraction of sp³-hybridized carbons (Fsp3) is 0.276. The molecule has 1 aliphatic heterocycles. The maximum Gasteiger partial charge on any atom is 0.210 e. The van der Waals surface area contributed by atoms with Crippen LogP contribution in [0.15, 0.2) is 76.7 Å². The molecule has 0 unspecified atom stereocenters. The van der Waals surface area contributed by atoms with Crippen molar-refractivity contribution in [1.29, 1.82) is 0 Å². The number of fused-ring (bicyclic) bond motifs is 1. The highest BCUT2D eigenvalue weighted by Gasteiger charge is 2.29. The number of aromatic nitrogens is 1. The highest BCUT2D eigenvalue weighted by molar-refractivity contribution is 7.91. The van der Waals surface area contributed by atoms with E-state index in [9.17, 15) is 8.42 Å². The van der Waals surface area contributed by atoms with Crippen LogP contribution in [-0.4, -0.2) is 46.7 Å². The topological polar surface area (TPSA) is 62.7 Å². The quantitative estimate of drug-likeness (QED) is 0.368. The first kappa shape index (κ1) is 24.1. The van der Waals surface area contributed by atoms with Crippen LogP contribution in [0.3, 0.4) is 0 Å². The molecule has 3 aromatic carbocycles. The molecule has 0 spiro atoms. The average Bonchev–Trinajstić information content (AvgIpc) is 2.89. The number of pyridine rings is 1. The predicted molar refractivity (Wildman–Crippen MR) is 145 cm³/mol. The third kappa shape index (κ3) is 4.39. The van der Waals surface area contributed by atoms with Gasteiger partial charge in [0.25, 0.3) is 0 Å². The average molecular weight is 502 g/mol. The lowest BCUT2D eigenvalue weighted by Gasteiger charge is -2.39. The lowest BCUT2D eigenvalue weighted by Crippen LogP contribution is -2.47. The summed E-state index contributed by atoms with van der Waals surface area (Å²) in [5, 5.41) is 0.780. The van der Waals surface area contributed by atoms with Crippen LogP contribution in [0.25, 0.3) is 10.9 Å². The van der Waals surface area contributed by atoms with E-state index in [-0.39, 0.29) is 9.79 Å². The third-order valence-corrected chi connectivity index (χ3v) is 8.71. The van der Waals surface area contributed by atoms with Gasteiger partial charge in [-0.25, -0.2) is 8.42 Å². The van der Waals surface area contributed by atoms with Crippen LogP contribution in [-0.2, 0) is 9.84 Å². The molecule has 7 heteroatoms. The van der Waals surface area contributed by atoms with Crippen molar-refractivity contribution < 1.29 is 13.2 Å². The number of aryl methyl sites for hydroxylation is 3. The van der Waals surface area contributed by atoms with E-state index in [1.165, 1.54) is 23.0 Å². The molecule has 0 aliphatic carbocycles. The van der Waals surface area contributed by atoms with E-state index in [1.54, 1.807) is 19.2 Å². The number of rotatable bonds is 5. The van der Waals surface area contributed by atoms with Crippen LogP contribution in [0.2, 0.25) is 0 Å². The SMILES string of the molecule is COc1ccc2ncc(S(=O)(=O)c3ccc(C)cc3)c(N3CCN(c4cc(C)ccc4C)CC3)c2c1. The van der Waals surface area contributed by atoms with E-state index in [2.05, 4.69) is 46.8 Å². The largest absolute Gasteiger partial charge is 0.497 e. The monoisotopic (exact) mass is 501 g/mol. The summed E-state index contributed by atoms with van der Waals surface area (Å²) in [5.74, 6) is 0.671. The van der Waals surface area contributed by atoms with Gasteiger partial charge < -0.3 is 14.5 Å². The lowest BCUT2D eigenvalue weighted by atomic mass is 10.1. The van der Waals surface area contributed by atoms with Gasteiger partial charge in [-0.3, -0.25) is 4.98 Å². The van der Waals surface area contributed by atoms with Gasteiger partial charge in [0.05, 0.1) is 23.2 Å². The van der Waals surface area contributed by atoms with Gasteiger partial charge in [0.15, 0.2) is 0 Å². The summed E-state index contributed by atoms with van der Waals surface area (Å²) in [6.45, 7) is 9.17. The molecule has 36 heavy (non-hydrogen) atoms. The van der Waals surface area contributed by atoms with E-state index in [1.807, 2.05) is 37.3 Å². The minimum atomic E-state index is -3.78. The summed E-state index contributed by atoms with van der Waals surface area (Å²) in [5.41, 5.74) is 6.17. The molecule has 1 aromatic heterocycles. The summed E-state index contributed by atoms with van der Waals surface area (Å²) in [4.78, 5) is 9.61. The Bertz CT molecular complexity index is 1520. The van der Waals surface area contributed by atoms with Gasteiger partial charge in [0, 0.05) is 43.4 Å². The number of ether oxygens (including phenoxy) is 1. The Hall–Kier alpha value is -3.58. The van der Waals surface area contributed by atoms with Crippen molar-refractivity contribution in [2.75, 3.05) is 43.1 Å². The molecule has 0 bridgehead atoms. The molecule has 1 aliphatic rings. The highest BCUT2D eigenvalue weighted by atomic mass is 32.2. The Kier molecular flexibility index (Phi) is 6.35. The molecule has 4 aromatic rings.